The van der Waals surface area contributed by atoms with Crippen LogP contribution >= 0.6 is 11.6 Å². The Hall–Kier alpha value is -1.55. The minimum Gasteiger partial charge on any atom is -0.326 e. The Morgan fingerprint density at radius 3 is 2.75 bits per heavy atom. The number of hydrogen-bond acceptors (Lipinski definition) is 2. The lowest BCUT2D eigenvalue weighted by molar-refractivity contribution is 0.628. The lowest BCUT2D eigenvalue weighted by atomic mass is 10.3. The fourth-order valence-corrected chi connectivity index (χ4v) is 1.62. The van der Waals surface area contributed by atoms with Gasteiger partial charge in [-0.25, -0.2) is 9.37 Å². The predicted molar refractivity (Wildman–Crippen MR) is 62.6 cm³/mol. The molecule has 1 N–H and O–H groups in total. The first kappa shape index (κ1) is 11.0. The smallest absolute Gasteiger partial charge is 0.207 e. The zero-order valence-corrected chi connectivity index (χ0v) is 9.72. The molecular weight excluding hydrogens is 229 g/mol. The van der Waals surface area contributed by atoms with Crippen molar-refractivity contribution in [2.75, 3.05) is 5.32 Å². The third-order valence-electron chi connectivity index (χ3n) is 2.17. The maximum Gasteiger partial charge on any atom is 0.207 e. The molecule has 3 nitrogen and oxygen atoms in total. The van der Waals surface area contributed by atoms with E-state index in [2.05, 4.69) is 10.3 Å². The summed E-state index contributed by atoms with van der Waals surface area (Å²) in [7, 11) is 1.88. The highest BCUT2D eigenvalue weighted by Gasteiger charge is 2.04. The Labute approximate surface area is 97.9 Å². The third kappa shape index (κ3) is 2.17. The fourth-order valence-electron chi connectivity index (χ4n) is 1.44. The highest BCUT2D eigenvalue weighted by Crippen LogP contribution is 2.22. The van der Waals surface area contributed by atoms with E-state index in [0.717, 1.165) is 5.69 Å². The van der Waals surface area contributed by atoms with Crippen LogP contribution in [-0.2, 0) is 7.05 Å². The summed E-state index contributed by atoms with van der Waals surface area (Å²) in [6.45, 7) is 1.91. The topological polar surface area (TPSA) is 29.9 Å². The molecule has 0 fully saturated rings. The molecule has 0 spiro atoms. The maximum atomic E-state index is 12.9. The van der Waals surface area contributed by atoms with E-state index in [4.69, 9.17) is 11.6 Å². The number of benzene rings is 1. The molecule has 0 saturated heterocycles. The van der Waals surface area contributed by atoms with E-state index in [0.29, 0.717) is 11.6 Å². The number of hydrogen-bond donors (Lipinski definition) is 1. The normalized spacial score (nSPS) is 10.5. The third-order valence-corrected chi connectivity index (χ3v) is 2.46. The number of halogens is 2. The Morgan fingerprint density at radius 2 is 2.19 bits per heavy atom. The molecule has 0 aliphatic rings. The summed E-state index contributed by atoms with van der Waals surface area (Å²) in [5.74, 6) is 0.267. The molecule has 2 rings (SSSR count). The molecule has 0 saturated carbocycles. The highest BCUT2D eigenvalue weighted by molar-refractivity contribution is 6.31. The van der Waals surface area contributed by atoms with Crippen LogP contribution in [0.1, 0.15) is 5.69 Å². The zero-order chi connectivity index (χ0) is 11.7. The van der Waals surface area contributed by atoms with Crippen LogP contribution in [0.5, 0.6) is 0 Å². The molecule has 0 radical (unpaired) electrons. The minimum atomic E-state index is -0.428. The van der Waals surface area contributed by atoms with Crippen molar-refractivity contribution in [3.8, 4) is 0 Å². The maximum absolute atomic E-state index is 12.9. The average Bonchev–Trinajstić information content (AvgIpc) is 2.51. The molecular formula is C11H11ClFN3. The predicted octanol–water partition coefficient (Wildman–Crippen LogP) is 3.26. The second kappa shape index (κ2) is 4.14. The van der Waals surface area contributed by atoms with Gasteiger partial charge in [0.05, 0.1) is 10.7 Å². The fraction of sp³-hybridized carbons (Fsp3) is 0.182. The quantitative estimate of drug-likeness (QED) is 0.872. The molecule has 0 unspecified atom stereocenters. The Morgan fingerprint density at radius 1 is 1.44 bits per heavy atom. The summed E-state index contributed by atoms with van der Waals surface area (Å²) in [5, 5.41) is 3.16. The average molecular weight is 240 g/mol. The van der Waals surface area contributed by atoms with Crippen LogP contribution in [0.25, 0.3) is 0 Å². The SMILES string of the molecule is Cc1cn(C)c(Nc2ccc(F)c(Cl)c2)n1. The number of aryl methyl sites for hydroxylation is 2. The molecule has 0 atom stereocenters. The summed E-state index contributed by atoms with van der Waals surface area (Å²) in [6.07, 6.45) is 1.90. The number of aromatic nitrogens is 2. The summed E-state index contributed by atoms with van der Waals surface area (Å²) in [6, 6.07) is 4.46. The molecule has 0 amide bonds. The molecule has 16 heavy (non-hydrogen) atoms. The molecule has 84 valence electrons. The van der Waals surface area contributed by atoms with Gasteiger partial charge in [-0.2, -0.15) is 0 Å². The van der Waals surface area contributed by atoms with Gasteiger partial charge in [-0.1, -0.05) is 11.6 Å². The van der Waals surface area contributed by atoms with E-state index < -0.39 is 5.82 Å². The van der Waals surface area contributed by atoms with Crippen LogP contribution in [0.3, 0.4) is 0 Å². The largest absolute Gasteiger partial charge is 0.326 e. The van der Waals surface area contributed by atoms with E-state index >= 15 is 0 Å². The van der Waals surface area contributed by atoms with Crippen molar-refractivity contribution in [1.82, 2.24) is 9.55 Å². The van der Waals surface area contributed by atoms with Crippen molar-refractivity contribution < 1.29 is 4.39 Å². The standard InChI is InChI=1S/C11H11ClFN3/c1-7-6-16(2)11(14-7)15-8-3-4-10(13)9(12)5-8/h3-6H,1-2H3,(H,14,15). The van der Waals surface area contributed by atoms with Crippen molar-refractivity contribution in [3.05, 3.63) is 40.9 Å². The van der Waals surface area contributed by atoms with E-state index in [1.807, 2.05) is 24.7 Å². The number of rotatable bonds is 2. The first-order chi connectivity index (χ1) is 7.56. The van der Waals surface area contributed by atoms with Crippen LogP contribution in [0.4, 0.5) is 16.0 Å². The summed E-state index contributed by atoms with van der Waals surface area (Å²) >= 11 is 5.68. The number of nitrogens with zero attached hydrogens (tertiary/aromatic N) is 2. The van der Waals surface area contributed by atoms with Crippen molar-refractivity contribution in [3.63, 3.8) is 0 Å². The number of nitrogens with one attached hydrogen (secondary N) is 1. The monoisotopic (exact) mass is 239 g/mol. The molecule has 0 aliphatic carbocycles. The van der Waals surface area contributed by atoms with Crippen LogP contribution < -0.4 is 5.32 Å². The van der Waals surface area contributed by atoms with Crippen molar-refractivity contribution in [1.29, 1.82) is 0 Å². The van der Waals surface area contributed by atoms with Gasteiger partial charge in [0.15, 0.2) is 0 Å². The van der Waals surface area contributed by atoms with Crippen LogP contribution in [0.2, 0.25) is 5.02 Å². The van der Waals surface area contributed by atoms with Crippen molar-refractivity contribution in [2.45, 2.75) is 6.92 Å². The Balaban J connectivity index is 2.27. The van der Waals surface area contributed by atoms with E-state index in [1.165, 1.54) is 12.1 Å². The van der Waals surface area contributed by atoms with Gasteiger partial charge in [-0.3, -0.25) is 0 Å². The first-order valence-electron chi connectivity index (χ1n) is 4.78. The van der Waals surface area contributed by atoms with Gasteiger partial charge in [0.1, 0.15) is 5.82 Å². The zero-order valence-electron chi connectivity index (χ0n) is 8.96. The Kier molecular flexibility index (Phi) is 2.83. The highest BCUT2D eigenvalue weighted by atomic mass is 35.5. The summed E-state index contributed by atoms with van der Waals surface area (Å²) in [4.78, 5) is 4.27. The van der Waals surface area contributed by atoms with Gasteiger partial charge in [0.2, 0.25) is 5.95 Å². The van der Waals surface area contributed by atoms with E-state index in [-0.39, 0.29) is 5.02 Å². The molecule has 1 aromatic heterocycles. The van der Waals surface area contributed by atoms with Crippen molar-refractivity contribution >= 4 is 23.2 Å². The lowest BCUT2D eigenvalue weighted by Crippen LogP contribution is -1.98. The van der Waals surface area contributed by atoms with Gasteiger partial charge in [0, 0.05) is 18.9 Å². The molecule has 5 heteroatoms. The van der Waals surface area contributed by atoms with Gasteiger partial charge >= 0.3 is 0 Å². The summed E-state index contributed by atoms with van der Waals surface area (Å²) in [5.41, 5.74) is 1.62. The van der Waals surface area contributed by atoms with Gasteiger partial charge in [0.25, 0.3) is 0 Å². The first-order valence-corrected chi connectivity index (χ1v) is 5.16. The second-order valence-electron chi connectivity index (χ2n) is 3.57. The van der Waals surface area contributed by atoms with Crippen LogP contribution in [-0.4, -0.2) is 9.55 Å². The molecule has 0 aliphatic heterocycles. The number of imidazole rings is 1. The van der Waals surface area contributed by atoms with Gasteiger partial charge < -0.3 is 9.88 Å². The van der Waals surface area contributed by atoms with E-state index in [1.54, 1.807) is 6.07 Å². The van der Waals surface area contributed by atoms with E-state index in [9.17, 15) is 4.39 Å². The number of anilines is 2. The van der Waals surface area contributed by atoms with Crippen molar-refractivity contribution in [2.24, 2.45) is 7.05 Å². The van der Waals surface area contributed by atoms with Crippen LogP contribution in [0.15, 0.2) is 24.4 Å². The Bertz CT molecular complexity index is 522. The second-order valence-corrected chi connectivity index (χ2v) is 3.98. The molecule has 1 heterocycles. The molecule has 0 bridgehead atoms. The molecule has 2 aromatic rings. The lowest BCUT2D eigenvalue weighted by Gasteiger charge is -2.06. The summed E-state index contributed by atoms with van der Waals surface area (Å²) < 4.78 is 14.8. The van der Waals surface area contributed by atoms with Gasteiger partial charge in [-0.15, -0.1) is 0 Å². The minimum absolute atomic E-state index is 0.0935. The molecule has 1 aromatic carbocycles. The van der Waals surface area contributed by atoms with Gasteiger partial charge in [-0.05, 0) is 25.1 Å². The van der Waals surface area contributed by atoms with Crippen LogP contribution in [0, 0.1) is 12.7 Å².